The maximum Gasteiger partial charge on any atom is 0.226 e. The van der Waals surface area contributed by atoms with E-state index in [0.29, 0.717) is 11.6 Å². The van der Waals surface area contributed by atoms with Crippen LogP contribution in [-0.2, 0) is 6.61 Å². The molecule has 0 fully saturated rings. The van der Waals surface area contributed by atoms with Crippen LogP contribution in [0.1, 0.15) is 5.69 Å². The Morgan fingerprint density at radius 2 is 1.93 bits per heavy atom. The third kappa shape index (κ3) is 1.60. The SMILES string of the molecule is OCc1coc(-c2ccc(O)cc2)n1. The lowest BCUT2D eigenvalue weighted by atomic mass is 10.2. The molecule has 1 aromatic heterocycles. The standard InChI is InChI=1S/C10H9NO3/c12-5-8-6-14-10(11-8)7-1-3-9(13)4-2-7/h1-4,6,12-13H,5H2. The zero-order valence-corrected chi connectivity index (χ0v) is 7.34. The van der Waals surface area contributed by atoms with Gasteiger partial charge in [0.05, 0.1) is 6.61 Å². The van der Waals surface area contributed by atoms with E-state index in [-0.39, 0.29) is 12.4 Å². The molecule has 0 amide bonds. The van der Waals surface area contributed by atoms with Crippen molar-refractivity contribution in [2.24, 2.45) is 0 Å². The lowest BCUT2D eigenvalue weighted by Crippen LogP contribution is -1.82. The first kappa shape index (κ1) is 8.77. The summed E-state index contributed by atoms with van der Waals surface area (Å²) in [5.41, 5.74) is 1.26. The molecule has 4 nitrogen and oxygen atoms in total. The number of oxazole rings is 1. The first-order valence-electron chi connectivity index (χ1n) is 4.14. The predicted molar refractivity (Wildman–Crippen MR) is 49.5 cm³/mol. The molecule has 0 saturated carbocycles. The molecule has 2 rings (SSSR count). The Hall–Kier alpha value is -1.81. The number of aliphatic hydroxyl groups excluding tert-OH is 1. The zero-order valence-electron chi connectivity index (χ0n) is 7.34. The maximum absolute atomic E-state index is 9.06. The van der Waals surface area contributed by atoms with Gasteiger partial charge >= 0.3 is 0 Å². The first-order chi connectivity index (χ1) is 6.79. The van der Waals surface area contributed by atoms with Crippen molar-refractivity contribution in [1.82, 2.24) is 4.98 Å². The van der Waals surface area contributed by atoms with Gasteiger partial charge < -0.3 is 14.6 Å². The molecule has 0 unspecified atom stereocenters. The molecule has 0 aliphatic heterocycles. The van der Waals surface area contributed by atoms with Gasteiger partial charge in [0.2, 0.25) is 5.89 Å². The second-order valence-corrected chi connectivity index (χ2v) is 2.85. The highest BCUT2D eigenvalue weighted by atomic mass is 16.3. The van der Waals surface area contributed by atoms with Gasteiger partial charge in [-0.2, -0.15) is 0 Å². The maximum atomic E-state index is 9.06. The molecule has 2 N–H and O–H groups in total. The van der Waals surface area contributed by atoms with Gasteiger partial charge in [-0.25, -0.2) is 4.98 Å². The van der Waals surface area contributed by atoms with E-state index in [1.807, 2.05) is 0 Å². The highest BCUT2D eigenvalue weighted by Gasteiger charge is 2.05. The van der Waals surface area contributed by atoms with Gasteiger partial charge in [0, 0.05) is 5.56 Å². The molecular formula is C10H9NO3. The fourth-order valence-corrected chi connectivity index (χ4v) is 1.12. The molecule has 0 aliphatic rings. The smallest absolute Gasteiger partial charge is 0.226 e. The number of hydrogen-bond acceptors (Lipinski definition) is 4. The number of phenols is 1. The molecule has 0 bridgehead atoms. The zero-order chi connectivity index (χ0) is 9.97. The van der Waals surface area contributed by atoms with Crippen LogP contribution in [0.4, 0.5) is 0 Å². The van der Waals surface area contributed by atoms with Crippen molar-refractivity contribution in [2.75, 3.05) is 0 Å². The van der Waals surface area contributed by atoms with Crippen LogP contribution in [0.5, 0.6) is 5.75 Å². The van der Waals surface area contributed by atoms with Crippen LogP contribution in [0.2, 0.25) is 0 Å². The Morgan fingerprint density at radius 3 is 2.50 bits per heavy atom. The van der Waals surface area contributed by atoms with Crippen molar-refractivity contribution in [3.8, 4) is 17.2 Å². The van der Waals surface area contributed by atoms with Crippen LogP contribution < -0.4 is 0 Å². The summed E-state index contributed by atoms with van der Waals surface area (Å²) in [6, 6.07) is 6.50. The van der Waals surface area contributed by atoms with E-state index in [4.69, 9.17) is 14.6 Å². The van der Waals surface area contributed by atoms with Crippen molar-refractivity contribution in [1.29, 1.82) is 0 Å². The van der Waals surface area contributed by atoms with E-state index >= 15 is 0 Å². The van der Waals surface area contributed by atoms with Crippen LogP contribution in [-0.4, -0.2) is 15.2 Å². The summed E-state index contributed by atoms with van der Waals surface area (Å²) in [6.45, 7) is -0.137. The molecule has 0 spiro atoms. The summed E-state index contributed by atoms with van der Waals surface area (Å²) in [4.78, 5) is 4.03. The monoisotopic (exact) mass is 191 g/mol. The summed E-state index contributed by atoms with van der Waals surface area (Å²) >= 11 is 0. The van der Waals surface area contributed by atoms with E-state index in [2.05, 4.69) is 4.98 Å². The number of rotatable bonds is 2. The van der Waals surface area contributed by atoms with Gasteiger partial charge in [0.1, 0.15) is 17.7 Å². The summed E-state index contributed by atoms with van der Waals surface area (Å²) in [5, 5.41) is 17.8. The molecule has 0 saturated heterocycles. The minimum Gasteiger partial charge on any atom is -0.508 e. The first-order valence-corrected chi connectivity index (χ1v) is 4.14. The number of aromatic hydroxyl groups is 1. The fourth-order valence-electron chi connectivity index (χ4n) is 1.12. The van der Waals surface area contributed by atoms with Crippen molar-refractivity contribution in [2.45, 2.75) is 6.61 Å². The number of phenolic OH excluding ortho intramolecular Hbond substituents is 1. The molecule has 2 aromatic rings. The minimum absolute atomic E-state index is 0.137. The van der Waals surface area contributed by atoms with Crippen molar-refractivity contribution >= 4 is 0 Å². The molecule has 1 heterocycles. The van der Waals surface area contributed by atoms with Gasteiger partial charge in [-0.3, -0.25) is 0 Å². The summed E-state index contributed by atoms with van der Waals surface area (Å²) in [5.74, 6) is 0.636. The van der Waals surface area contributed by atoms with E-state index in [9.17, 15) is 0 Å². The highest BCUT2D eigenvalue weighted by Crippen LogP contribution is 2.20. The van der Waals surface area contributed by atoms with Crippen LogP contribution in [0.3, 0.4) is 0 Å². The molecule has 14 heavy (non-hydrogen) atoms. The van der Waals surface area contributed by atoms with E-state index < -0.39 is 0 Å². The van der Waals surface area contributed by atoms with Gasteiger partial charge in [-0.1, -0.05) is 0 Å². The summed E-state index contributed by atoms with van der Waals surface area (Å²) < 4.78 is 5.13. The second kappa shape index (κ2) is 3.51. The van der Waals surface area contributed by atoms with Gasteiger partial charge in [-0.05, 0) is 24.3 Å². The summed E-state index contributed by atoms with van der Waals surface area (Å²) in [7, 11) is 0. The lowest BCUT2D eigenvalue weighted by Gasteiger charge is -1.94. The second-order valence-electron chi connectivity index (χ2n) is 2.85. The third-order valence-corrected chi connectivity index (χ3v) is 1.83. The molecular weight excluding hydrogens is 182 g/mol. The molecule has 1 aromatic carbocycles. The van der Waals surface area contributed by atoms with Crippen LogP contribution in [0.15, 0.2) is 34.9 Å². The van der Waals surface area contributed by atoms with E-state index in [0.717, 1.165) is 5.56 Å². The Morgan fingerprint density at radius 1 is 1.21 bits per heavy atom. The predicted octanol–water partition coefficient (Wildman–Crippen LogP) is 1.54. The van der Waals surface area contributed by atoms with E-state index in [1.54, 1.807) is 24.3 Å². The minimum atomic E-state index is -0.137. The Bertz CT molecular complexity index is 419. The summed E-state index contributed by atoms with van der Waals surface area (Å²) in [6.07, 6.45) is 1.40. The molecule has 4 heteroatoms. The van der Waals surface area contributed by atoms with Crippen molar-refractivity contribution < 1.29 is 14.6 Å². The van der Waals surface area contributed by atoms with Crippen LogP contribution in [0, 0.1) is 0 Å². The third-order valence-electron chi connectivity index (χ3n) is 1.83. The average molecular weight is 191 g/mol. The Balaban J connectivity index is 2.34. The lowest BCUT2D eigenvalue weighted by molar-refractivity contribution is 0.276. The number of aliphatic hydroxyl groups is 1. The van der Waals surface area contributed by atoms with Crippen molar-refractivity contribution in [3.63, 3.8) is 0 Å². The number of benzene rings is 1. The quantitative estimate of drug-likeness (QED) is 0.755. The van der Waals surface area contributed by atoms with Crippen molar-refractivity contribution in [3.05, 3.63) is 36.2 Å². The Kier molecular flexibility index (Phi) is 2.20. The molecule has 0 atom stereocenters. The Labute approximate surface area is 80.5 Å². The number of hydrogen-bond donors (Lipinski definition) is 2. The largest absolute Gasteiger partial charge is 0.508 e. The normalized spacial score (nSPS) is 10.4. The number of aromatic nitrogens is 1. The molecule has 0 radical (unpaired) electrons. The average Bonchev–Trinajstić information content (AvgIpc) is 2.67. The molecule has 72 valence electrons. The van der Waals surface area contributed by atoms with Gasteiger partial charge in [-0.15, -0.1) is 0 Å². The number of nitrogens with zero attached hydrogens (tertiary/aromatic N) is 1. The molecule has 0 aliphatic carbocycles. The topological polar surface area (TPSA) is 66.5 Å². The van der Waals surface area contributed by atoms with Crippen LogP contribution >= 0.6 is 0 Å². The fraction of sp³-hybridized carbons (Fsp3) is 0.100. The van der Waals surface area contributed by atoms with E-state index in [1.165, 1.54) is 6.26 Å². The highest BCUT2D eigenvalue weighted by molar-refractivity contribution is 5.54. The van der Waals surface area contributed by atoms with Crippen LogP contribution in [0.25, 0.3) is 11.5 Å². The van der Waals surface area contributed by atoms with Gasteiger partial charge in [0.25, 0.3) is 0 Å². The van der Waals surface area contributed by atoms with Gasteiger partial charge in [0.15, 0.2) is 0 Å².